The third kappa shape index (κ3) is 5.95. The second-order valence-electron chi connectivity index (χ2n) is 10.3. The Morgan fingerprint density at radius 1 is 1.28 bits per heavy atom. The summed E-state index contributed by atoms with van der Waals surface area (Å²) in [5, 5.41) is 21.4. The summed E-state index contributed by atoms with van der Waals surface area (Å²) in [6.07, 6.45) is 10.9. The van der Waals surface area contributed by atoms with E-state index in [4.69, 9.17) is 16.3 Å². The van der Waals surface area contributed by atoms with Crippen LogP contribution in [-0.4, -0.2) is 40.9 Å². The van der Waals surface area contributed by atoms with Gasteiger partial charge in [0.25, 0.3) is 0 Å². The molecule has 0 aromatic heterocycles. The predicted molar refractivity (Wildman–Crippen MR) is 129 cm³/mol. The topological polar surface area (TPSA) is 66.8 Å². The molecular formula is C27H39ClO4. The van der Waals surface area contributed by atoms with Crippen LogP contribution >= 0.6 is 11.6 Å². The minimum Gasteiger partial charge on any atom is -0.465 e. The molecule has 3 rings (SSSR count). The average Bonchev–Trinajstić information content (AvgIpc) is 3.01. The number of aliphatic hydroxyl groups is 2. The number of carbonyl (C=O) groups is 1. The maximum Gasteiger partial charge on any atom is 0.337 e. The van der Waals surface area contributed by atoms with Crippen molar-refractivity contribution in [3.8, 4) is 0 Å². The first kappa shape index (κ1) is 25.3. The Kier molecular flexibility index (Phi) is 8.82. The van der Waals surface area contributed by atoms with Gasteiger partial charge in [0.1, 0.15) is 0 Å². The molecule has 2 saturated carbocycles. The molecule has 2 N–H and O–H groups in total. The summed E-state index contributed by atoms with van der Waals surface area (Å²) in [6.45, 7) is 4.46. The summed E-state index contributed by atoms with van der Waals surface area (Å²) >= 11 is 6.62. The van der Waals surface area contributed by atoms with E-state index in [2.05, 4.69) is 26.0 Å². The van der Waals surface area contributed by atoms with E-state index >= 15 is 0 Å². The summed E-state index contributed by atoms with van der Waals surface area (Å²) in [5.41, 5.74) is 1.77. The number of benzene rings is 1. The monoisotopic (exact) mass is 462 g/mol. The number of carbonyl (C=O) groups excluding carboxylic acids is 1. The Morgan fingerprint density at radius 2 is 1.97 bits per heavy atom. The van der Waals surface area contributed by atoms with Gasteiger partial charge in [-0.2, -0.15) is 0 Å². The first-order chi connectivity index (χ1) is 15.3. The highest BCUT2D eigenvalue weighted by atomic mass is 35.5. The molecule has 0 saturated heterocycles. The normalized spacial score (nSPS) is 28.1. The largest absolute Gasteiger partial charge is 0.465 e. The number of hydrogen-bond acceptors (Lipinski definition) is 4. The van der Waals surface area contributed by atoms with E-state index < -0.39 is 6.10 Å². The maximum absolute atomic E-state index is 11.6. The zero-order chi connectivity index (χ0) is 23.3. The lowest BCUT2D eigenvalue weighted by molar-refractivity contribution is -0.0473. The number of ether oxygens (including phenoxy) is 1. The Balaban J connectivity index is 1.57. The molecule has 1 aromatic carbocycles. The van der Waals surface area contributed by atoms with Crippen LogP contribution in [0.1, 0.15) is 74.7 Å². The minimum atomic E-state index is -0.439. The SMILES string of the molecule is COC(=O)c1ccc(CC[C@H]2C(Cl)CC(O)[C@@H]2C=CCC(O)C2(CC(C)C)CCC2)cc1. The highest BCUT2D eigenvalue weighted by Crippen LogP contribution is 2.49. The molecule has 2 aliphatic rings. The number of hydrogen-bond donors (Lipinski definition) is 2. The van der Waals surface area contributed by atoms with Crippen LogP contribution in [0.4, 0.5) is 0 Å². The summed E-state index contributed by atoms with van der Waals surface area (Å²) < 4.78 is 4.75. The second-order valence-corrected chi connectivity index (χ2v) is 10.8. The van der Waals surface area contributed by atoms with Crippen molar-refractivity contribution in [2.45, 2.75) is 82.8 Å². The van der Waals surface area contributed by atoms with Crippen LogP contribution < -0.4 is 0 Å². The van der Waals surface area contributed by atoms with Crippen LogP contribution in [-0.2, 0) is 11.2 Å². The van der Waals surface area contributed by atoms with Crippen LogP contribution in [0.3, 0.4) is 0 Å². The van der Waals surface area contributed by atoms with Gasteiger partial charge in [-0.05, 0) is 79.9 Å². The molecular weight excluding hydrogens is 424 g/mol. The van der Waals surface area contributed by atoms with Crippen LogP contribution in [0.25, 0.3) is 0 Å². The molecule has 0 spiro atoms. The molecule has 0 heterocycles. The molecule has 3 unspecified atom stereocenters. The number of esters is 1. The van der Waals surface area contributed by atoms with E-state index in [1.165, 1.54) is 13.5 Å². The first-order valence-corrected chi connectivity index (χ1v) is 12.5. The van der Waals surface area contributed by atoms with Crippen LogP contribution in [0.2, 0.25) is 0 Å². The summed E-state index contributed by atoms with van der Waals surface area (Å²) in [6, 6.07) is 7.48. The van der Waals surface area contributed by atoms with Crippen molar-refractivity contribution in [2.24, 2.45) is 23.2 Å². The Morgan fingerprint density at radius 3 is 2.53 bits per heavy atom. The lowest BCUT2D eigenvalue weighted by Crippen LogP contribution is -2.42. The number of alkyl halides is 1. The van der Waals surface area contributed by atoms with Gasteiger partial charge in [-0.25, -0.2) is 4.79 Å². The molecule has 2 aliphatic carbocycles. The van der Waals surface area contributed by atoms with Gasteiger partial charge in [0.05, 0.1) is 24.9 Å². The zero-order valence-electron chi connectivity index (χ0n) is 19.7. The van der Waals surface area contributed by atoms with Crippen molar-refractivity contribution in [1.82, 2.24) is 0 Å². The number of methoxy groups -OCH3 is 1. The third-order valence-electron chi connectivity index (χ3n) is 7.60. The van der Waals surface area contributed by atoms with Gasteiger partial charge in [-0.3, -0.25) is 0 Å². The lowest BCUT2D eigenvalue weighted by Gasteiger charge is -2.46. The average molecular weight is 463 g/mol. The van der Waals surface area contributed by atoms with Crippen LogP contribution in [0.15, 0.2) is 36.4 Å². The molecule has 4 nitrogen and oxygen atoms in total. The molecule has 178 valence electrons. The fraction of sp³-hybridized carbons (Fsp3) is 0.667. The van der Waals surface area contributed by atoms with Crippen LogP contribution in [0, 0.1) is 23.2 Å². The molecule has 2 fully saturated rings. The predicted octanol–water partition coefficient (Wildman–Crippen LogP) is 5.53. The van der Waals surface area contributed by atoms with Gasteiger partial charge >= 0.3 is 5.97 Å². The zero-order valence-corrected chi connectivity index (χ0v) is 20.4. The maximum atomic E-state index is 11.6. The molecule has 5 atom stereocenters. The van der Waals surface area contributed by atoms with E-state index in [0.717, 1.165) is 37.7 Å². The van der Waals surface area contributed by atoms with Gasteiger partial charge < -0.3 is 14.9 Å². The number of halogens is 1. The van der Waals surface area contributed by atoms with Crippen molar-refractivity contribution < 1.29 is 19.7 Å². The van der Waals surface area contributed by atoms with E-state index in [1.54, 1.807) is 12.1 Å². The van der Waals surface area contributed by atoms with Crippen molar-refractivity contribution in [3.63, 3.8) is 0 Å². The first-order valence-electron chi connectivity index (χ1n) is 12.1. The Hall–Kier alpha value is -1.36. The quantitative estimate of drug-likeness (QED) is 0.272. The third-order valence-corrected chi connectivity index (χ3v) is 8.10. The molecule has 32 heavy (non-hydrogen) atoms. The highest BCUT2D eigenvalue weighted by Gasteiger charge is 2.43. The summed E-state index contributed by atoms with van der Waals surface area (Å²) in [4.78, 5) is 11.6. The van der Waals surface area contributed by atoms with E-state index in [9.17, 15) is 15.0 Å². The fourth-order valence-electron chi connectivity index (χ4n) is 5.72. The van der Waals surface area contributed by atoms with E-state index in [0.29, 0.717) is 24.3 Å². The number of rotatable bonds is 10. The van der Waals surface area contributed by atoms with Crippen molar-refractivity contribution in [2.75, 3.05) is 7.11 Å². The van der Waals surface area contributed by atoms with Crippen molar-refractivity contribution in [1.29, 1.82) is 0 Å². The standard InChI is InChI=1S/C27H39ClO4/c1-18(2)17-27(14-5-15-27)25(30)7-4-6-22-21(23(28)16-24(22)29)13-10-19-8-11-20(12-9-19)26(31)32-3/h4,6,8-9,11-12,18,21-25,29-30H,5,7,10,13-17H2,1-3H3/t21-,22-,23?,24?,25?/m1/s1. The number of aryl methyl sites for hydroxylation is 1. The smallest absolute Gasteiger partial charge is 0.337 e. The Bertz CT molecular complexity index is 768. The van der Waals surface area contributed by atoms with Crippen molar-refractivity contribution in [3.05, 3.63) is 47.5 Å². The summed E-state index contributed by atoms with van der Waals surface area (Å²) in [5.74, 6) is 0.463. The highest BCUT2D eigenvalue weighted by molar-refractivity contribution is 6.21. The van der Waals surface area contributed by atoms with Crippen molar-refractivity contribution >= 4 is 17.6 Å². The van der Waals surface area contributed by atoms with Gasteiger partial charge in [0, 0.05) is 11.3 Å². The molecule has 0 amide bonds. The van der Waals surface area contributed by atoms with Gasteiger partial charge in [0.2, 0.25) is 0 Å². The lowest BCUT2D eigenvalue weighted by atomic mass is 9.60. The second kappa shape index (κ2) is 11.2. The molecule has 5 heteroatoms. The number of aliphatic hydroxyl groups excluding tert-OH is 2. The van der Waals surface area contributed by atoms with Gasteiger partial charge in [0.15, 0.2) is 0 Å². The molecule has 1 aromatic rings. The van der Waals surface area contributed by atoms with Gasteiger partial charge in [-0.1, -0.05) is 44.6 Å². The fourth-order valence-corrected chi connectivity index (χ4v) is 6.20. The van der Waals surface area contributed by atoms with Gasteiger partial charge in [-0.15, -0.1) is 11.6 Å². The molecule has 0 bridgehead atoms. The van der Waals surface area contributed by atoms with E-state index in [1.807, 2.05) is 12.1 Å². The minimum absolute atomic E-state index is 0.0153. The summed E-state index contributed by atoms with van der Waals surface area (Å²) in [7, 11) is 1.38. The Labute approximate surface area is 198 Å². The molecule has 0 radical (unpaired) electrons. The van der Waals surface area contributed by atoms with Crippen LogP contribution in [0.5, 0.6) is 0 Å². The van der Waals surface area contributed by atoms with E-state index in [-0.39, 0.29) is 34.7 Å². The molecule has 0 aliphatic heterocycles.